The van der Waals surface area contributed by atoms with E-state index in [-0.39, 0.29) is 11.3 Å². The van der Waals surface area contributed by atoms with Crippen LogP contribution in [0.1, 0.15) is 45.1 Å². The van der Waals surface area contributed by atoms with Crippen LogP contribution in [0.5, 0.6) is 5.75 Å². The van der Waals surface area contributed by atoms with E-state index in [1.165, 1.54) is 37.3 Å². The van der Waals surface area contributed by atoms with Gasteiger partial charge in [0.2, 0.25) is 5.82 Å². The van der Waals surface area contributed by atoms with Gasteiger partial charge in [0.25, 0.3) is 0 Å². The molecule has 0 radical (unpaired) electrons. The minimum Gasteiger partial charge on any atom is -0.459 e. The van der Waals surface area contributed by atoms with Crippen LogP contribution < -0.4 is 4.74 Å². The van der Waals surface area contributed by atoms with Gasteiger partial charge in [-0.25, -0.2) is 4.39 Å². The number of ether oxygens (including phenoxy) is 1. The maximum absolute atomic E-state index is 14.4. The van der Waals surface area contributed by atoms with Gasteiger partial charge in [0.15, 0.2) is 11.6 Å². The van der Waals surface area contributed by atoms with E-state index in [0.29, 0.717) is 11.3 Å². The van der Waals surface area contributed by atoms with E-state index >= 15 is 0 Å². The molecular formula is C23H26F2O. The molecule has 2 aromatic rings. The van der Waals surface area contributed by atoms with Crippen molar-refractivity contribution in [3.8, 4) is 16.9 Å². The van der Waals surface area contributed by atoms with Gasteiger partial charge >= 0.3 is 0 Å². The first-order chi connectivity index (χ1) is 12.4. The topological polar surface area (TPSA) is 9.23 Å². The van der Waals surface area contributed by atoms with Gasteiger partial charge in [0, 0.05) is 5.56 Å². The van der Waals surface area contributed by atoms with E-state index in [4.69, 9.17) is 4.74 Å². The van der Waals surface area contributed by atoms with Crippen LogP contribution in [-0.2, 0) is 6.42 Å². The van der Waals surface area contributed by atoms with Gasteiger partial charge in [-0.2, -0.15) is 4.39 Å². The van der Waals surface area contributed by atoms with E-state index in [1.807, 2.05) is 24.3 Å². The Morgan fingerprint density at radius 1 is 1.00 bits per heavy atom. The summed E-state index contributed by atoms with van der Waals surface area (Å²) in [6.07, 6.45) is 6.26. The van der Waals surface area contributed by atoms with E-state index in [1.54, 1.807) is 13.0 Å². The van der Waals surface area contributed by atoms with Crippen LogP contribution in [0.15, 0.2) is 48.7 Å². The minimum atomic E-state index is -0.981. The molecule has 1 saturated carbocycles. The Balaban J connectivity index is 1.74. The largest absolute Gasteiger partial charge is 0.459 e. The second-order valence-electron chi connectivity index (χ2n) is 7.57. The van der Waals surface area contributed by atoms with Crippen molar-refractivity contribution in [1.82, 2.24) is 0 Å². The molecule has 138 valence electrons. The SMILES string of the molecule is C=C(C)Oc1ccc(-c2ccc(CC3CCC(C)CC3)cc2)c(F)c1F. The maximum Gasteiger partial charge on any atom is 0.201 e. The predicted octanol–water partition coefficient (Wildman–Crippen LogP) is 6.91. The highest BCUT2D eigenvalue weighted by Gasteiger charge is 2.19. The third kappa shape index (κ3) is 4.32. The van der Waals surface area contributed by atoms with Gasteiger partial charge in [-0.3, -0.25) is 0 Å². The molecule has 2 aromatic carbocycles. The van der Waals surface area contributed by atoms with Crippen LogP contribution in [0.3, 0.4) is 0 Å². The monoisotopic (exact) mass is 356 g/mol. The molecule has 0 aromatic heterocycles. The van der Waals surface area contributed by atoms with E-state index in [0.717, 1.165) is 18.3 Å². The van der Waals surface area contributed by atoms with E-state index in [2.05, 4.69) is 13.5 Å². The third-order valence-corrected chi connectivity index (χ3v) is 5.26. The zero-order chi connectivity index (χ0) is 18.7. The number of benzene rings is 2. The van der Waals surface area contributed by atoms with Gasteiger partial charge in [0.05, 0.1) is 5.76 Å². The van der Waals surface area contributed by atoms with Crippen molar-refractivity contribution in [3.63, 3.8) is 0 Å². The van der Waals surface area contributed by atoms with Crippen molar-refractivity contribution in [2.45, 2.75) is 46.0 Å². The highest BCUT2D eigenvalue weighted by molar-refractivity contribution is 5.65. The van der Waals surface area contributed by atoms with Crippen LogP contribution in [0, 0.1) is 23.5 Å². The first-order valence-electron chi connectivity index (χ1n) is 9.34. The molecule has 1 fully saturated rings. The summed E-state index contributed by atoms with van der Waals surface area (Å²) in [4.78, 5) is 0. The zero-order valence-electron chi connectivity index (χ0n) is 15.5. The number of halogens is 2. The lowest BCUT2D eigenvalue weighted by Crippen LogP contribution is -2.14. The molecule has 1 aliphatic carbocycles. The Hall–Kier alpha value is -2.16. The van der Waals surface area contributed by atoms with Gasteiger partial charge in [0.1, 0.15) is 0 Å². The molecule has 0 saturated heterocycles. The van der Waals surface area contributed by atoms with Crippen LogP contribution >= 0.6 is 0 Å². The summed E-state index contributed by atoms with van der Waals surface area (Å²) in [7, 11) is 0. The molecule has 26 heavy (non-hydrogen) atoms. The molecule has 3 heteroatoms. The number of rotatable bonds is 5. The molecule has 0 bridgehead atoms. The molecule has 1 aliphatic rings. The first kappa shape index (κ1) is 18.6. The van der Waals surface area contributed by atoms with Gasteiger partial charge in [-0.1, -0.05) is 50.6 Å². The lowest BCUT2D eigenvalue weighted by molar-refractivity contribution is 0.289. The molecule has 0 amide bonds. The van der Waals surface area contributed by atoms with Crippen LogP contribution in [0.25, 0.3) is 11.1 Å². The number of allylic oxidation sites excluding steroid dienone is 1. The van der Waals surface area contributed by atoms with Crippen LogP contribution in [-0.4, -0.2) is 0 Å². The molecule has 0 unspecified atom stereocenters. The lowest BCUT2D eigenvalue weighted by atomic mass is 9.80. The average Bonchev–Trinajstić information content (AvgIpc) is 2.62. The summed E-state index contributed by atoms with van der Waals surface area (Å²) in [5.74, 6) is -0.101. The fourth-order valence-corrected chi connectivity index (χ4v) is 3.71. The number of hydrogen-bond donors (Lipinski definition) is 0. The first-order valence-corrected chi connectivity index (χ1v) is 9.34. The minimum absolute atomic E-state index is 0.137. The Bertz CT molecular complexity index is 772. The quantitative estimate of drug-likeness (QED) is 0.529. The average molecular weight is 356 g/mol. The molecular weight excluding hydrogens is 330 g/mol. The van der Waals surface area contributed by atoms with Crippen molar-refractivity contribution in [2.75, 3.05) is 0 Å². The van der Waals surface area contributed by atoms with Crippen molar-refractivity contribution < 1.29 is 13.5 Å². The summed E-state index contributed by atoms with van der Waals surface area (Å²) >= 11 is 0. The smallest absolute Gasteiger partial charge is 0.201 e. The standard InChI is InChI=1S/C23H26F2O/c1-15(2)26-21-13-12-20(22(24)23(21)25)19-10-8-18(9-11-19)14-17-6-4-16(3)5-7-17/h8-13,16-17H,1,4-7,14H2,2-3H3. The van der Waals surface area contributed by atoms with Crippen molar-refractivity contribution >= 4 is 0 Å². The summed E-state index contributed by atoms with van der Waals surface area (Å²) in [6.45, 7) is 7.47. The van der Waals surface area contributed by atoms with E-state index in [9.17, 15) is 8.78 Å². The fraction of sp³-hybridized carbons (Fsp3) is 0.391. The fourth-order valence-electron chi connectivity index (χ4n) is 3.71. The second kappa shape index (κ2) is 8.03. The molecule has 1 nitrogen and oxygen atoms in total. The third-order valence-electron chi connectivity index (χ3n) is 5.26. The molecule has 0 spiro atoms. The van der Waals surface area contributed by atoms with Crippen LogP contribution in [0.2, 0.25) is 0 Å². The molecule has 0 atom stereocenters. The molecule has 0 N–H and O–H groups in total. The van der Waals surface area contributed by atoms with Crippen molar-refractivity contribution in [3.05, 3.63) is 65.9 Å². The van der Waals surface area contributed by atoms with Gasteiger partial charge in [-0.05, 0) is 61.3 Å². The predicted molar refractivity (Wildman–Crippen MR) is 102 cm³/mol. The summed E-state index contributed by atoms with van der Waals surface area (Å²) < 4.78 is 33.7. The van der Waals surface area contributed by atoms with E-state index < -0.39 is 11.6 Å². The highest BCUT2D eigenvalue weighted by atomic mass is 19.2. The lowest BCUT2D eigenvalue weighted by Gasteiger charge is -2.26. The highest BCUT2D eigenvalue weighted by Crippen LogP contribution is 2.33. The zero-order valence-corrected chi connectivity index (χ0v) is 15.5. The second-order valence-corrected chi connectivity index (χ2v) is 7.57. The van der Waals surface area contributed by atoms with Gasteiger partial charge in [-0.15, -0.1) is 0 Å². The van der Waals surface area contributed by atoms with Crippen LogP contribution in [0.4, 0.5) is 8.78 Å². The van der Waals surface area contributed by atoms with Gasteiger partial charge < -0.3 is 4.74 Å². The Labute approximate surface area is 154 Å². The molecule has 0 heterocycles. The summed E-state index contributed by atoms with van der Waals surface area (Å²) in [6, 6.07) is 10.8. The molecule has 3 rings (SSSR count). The van der Waals surface area contributed by atoms with Crippen molar-refractivity contribution in [1.29, 1.82) is 0 Å². The maximum atomic E-state index is 14.4. The summed E-state index contributed by atoms with van der Waals surface area (Å²) in [5.41, 5.74) is 2.18. The normalized spacial score (nSPS) is 20.0. The Morgan fingerprint density at radius 3 is 2.27 bits per heavy atom. The Morgan fingerprint density at radius 2 is 1.65 bits per heavy atom. The Kier molecular flexibility index (Phi) is 5.75. The number of hydrogen-bond acceptors (Lipinski definition) is 1. The molecule has 0 aliphatic heterocycles. The summed E-state index contributed by atoms with van der Waals surface area (Å²) in [5, 5.41) is 0. The van der Waals surface area contributed by atoms with Crippen molar-refractivity contribution in [2.24, 2.45) is 11.8 Å².